The molecule has 0 amide bonds. The van der Waals surface area contributed by atoms with Gasteiger partial charge >= 0.3 is 25.0 Å². The van der Waals surface area contributed by atoms with Crippen molar-refractivity contribution in [2.45, 2.75) is 96.4 Å². The Bertz CT molecular complexity index is 646. The van der Waals surface area contributed by atoms with Gasteiger partial charge in [-0.1, -0.05) is 95.5 Å². The second kappa shape index (κ2) is 18.5. The molecule has 0 aliphatic heterocycles. The van der Waals surface area contributed by atoms with E-state index in [1.54, 1.807) is 30.4 Å². The zero-order chi connectivity index (χ0) is 22.8. The molecule has 7 heteroatoms. The van der Waals surface area contributed by atoms with Crippen LogP contribution in [-0.2, 0) is 39.0 Å². The third-order valence-electron chi connectivity index (χ3n) is 5.10. The zero-order valence-corrected chi connectivity index (χ0v) is 23.7. The molecule has 0 saturated heterocycles. The number of hydrogen-bond donors (Lipinski definition) is 0. The van der Waals surface area contributed by atoms with Gasteiger partial charge in [-0.3, -0.25) is 0 Å². The van der Waals surface area contributed by atoms with Crippen LogP contribution in [0.15, 0.2) is 55.0 Å². The van der Waals surface area contributed by atoms with E-state index >= 15 is 0 Å². The second-order valence-corrected chi connectivity index (χ2v) is 9.41. The van der Waals surface area contributed by atoms with E-state index in [2.05, 4.69) is 13.8 Å². The normalized spacial score (nSPS) is 13.8. The van der Waals surface area contributed by atoms with Gasteiger partial charge in [0.05, 0.1) is 12.5 Å². The smallest absolute Gasteiger partial charge is 0.805 e. The standard InChI is InChI=1S/C25H41O5P.Zn/c1-3-5-7-9-11-13-18-22-29-25(31(26,27)28,24-20-16-15-17-21-24)30-23-19-14-12-10-8-6-4-2;/h15-23H,3-14H2,1-2H3,(H2,26,27,28);/q;+2/p-2. The SMILES string of the molecule is CCCCCCCC=COC(OC=CCCCCCCC)(c1ccccc1)P(=O)([O-])[O-].[Zn+2]. The Hall–Kier alpha value is -0.927. The largest absolute Gasteiger partial charge is 2.00 e. The number of rotatable bonds is 18. The Morgan fingerprint density at radius 2 is 1.22 bits per heavy atom. The molecule has 0 bridgehead atoms. The van der Waals surface area contributed by atoms with Gasteiger partial charge in [0.25, 0.3) is 0 Å². The number of benzene rings is 1. The van der Waals surface area contributed by atoms with Crippen LogP contribution >= 0.6 is 7.60 Å². The molecule has 0 aromatic heterocycles. The molecule has 0 spiro atoms. The summed E-state index contributed by atoms with van der Waals surface area (Å²) in [5, 5.41) is 0. The molecule has 0 saturated carbocycles. The fraction of sp³-hybridized carbons (Fsp3) is 0.600. The average molecular weight is 516 g/mol. The molecule has 0 N–H and O–H groups in total. The fourth-order valence-corrected chi connectivity index (χ4v) is 4.09. The third-order valence-corrected chi connectivity index (χ3v) is 6.29. The van der Waals surface area contributed by atoms with Gasteiger partial charge in [0, 0.05) is 13.2 Å². The molecule has 1 aromatic rings. The summed E-state index contributed by atoms with van der Waals surface area (Å²) in [5.41, 5.74) is -2.25. The molecule has 5 nitrogen and oxygen atoms in total. The molecule has 1 aromatic carbocycles. The molecule has 0 radical (unpaired) electrons. The van der Waals surface area contributed by atoms with Crippen molar-refractivity contribution in [1.29, 1.82) is 0 Å². The molecule has 1 rings (SSSR count). The Kier molecular flexibility index (Phi) is 18.0. The molecule has 32 heavy (non-hydrogen) atoms. The van der Waals surface area contributed by atoms with Crippen LogP contribution in [0, 0.1) is 0 Å². The number of hydrogen-bond acceptors (Lipinski definition) is 5. The summed E-state index contributed by atoms with van der Waals surface area (Å²) in [6.45, 7) is 4.34. The first kappa shape index (κ1) is 31.1. The van der Waals surface area contributed by atoms with Crippen molar-refractivity contribution in [1.82, 2.24) is 0 Å². The quantitative estimate of drug-likeness (QED) is 0.0733. The number of unbranched alkanes of at least 4 members (excludes halogenated alkanes) is 10. The van der Waals surface area contributed by atoms with Gasteiger partial charge in [-0.15, -0.1) is 0 Å². The van der Waals surface area contributed by atoms with Crippen LogP contribution in [0.3, 0.4) is 0 Å². The molecule has 0 aliphatic rings. The van der Waals surface area contributed by atoms with Gasteiger partial charge in [-0.2, -0.15) is 0 Å². The number of ether oxygens (including phenoxy) is 2. The van der Waals surface area contributed by atoms with Gasteiger partial charge in [0.2, 0.25) is 0 Å². The minimum atomic E-state index is -5.32. The number of allylic oxidation sites excluding steroid dienone is 2. The van der Waals surface area contributed by atoms with Crippen molar-refractivity contribution in [3.63, 3.8) is 0 Å². The molecule has 0 heterocycles. The van der Waals surface area contributed by atoms with E-state index in [4.69, 9.17) is 9.47 Å². The van der Waals surface area contributed by atoms with Gasteiger partial charge < -0.3 is 23.8 Å². The molecule has 176 valence electrons. The summed E-state index contributed by atoms with van der Waals surface area (Å²) in [5.74, 6) is 0. The third kappa shape index (κ3) is 11.8. The first-order valence-electron chi connectivity index (χ1n) is 11.7. The molecular formula is C25H39O5PZn. The summed E-state index contributed by atoms with van der Waals surface area (Å²) in [4.78, 5) is 24.6. The zero-order valence-electron chi connectivity index (χ0n) is 19.9. The van der Waals surface area contributed by atoms with Crippen LogP contribution in [0.4, 0.5) is 0 Å². The maximum Gasteiger partial charge on any atom is 2.00 e. The Balaban J connectivity index is 0.00000961. The van der Waals surface area contributed by atoms with Crippen molar-refractivity contribution in [2.24, 2.45) is 0 Å². The van der Waals surface area contributed by atoms with E-state index in [9.17, 15) is 14.4 Å². The maximum absolute atomic E-state index is 12.3. The minimum absolute atomic E-state index is 0. The molecular weight excluding hydrogens is 477 g/mol. The Morgan fingerprint density at radius 3 is 1.62 bits per heavy atom. The van der Waals surface area contributed by atoms with Crippen LogP contribution in [0.1, 0.15) is 96.5 Å². The Labute approximate surface area is 207 Å². The first-order valence-corrected chi connectivity index (χ1v) is 13.3. The Morgan fingerprint density at radius 1 is 0.781 bits per heavy atom. The monoisotopic (exact) mass is 514 g/mol. The van der Waals surface area contributed by atoms with Crippen LogP contribution in [0.25, 0.3) is 0 Å². The van der Waals surface area contributed by atoms with E-state index in [1.807, 2.05) is 0 Å². The summed E-state index contributed by atoms with van der Waals surface area (Å²) < 4.78 is 23.3. The molecule has 0 aliphatic carbocycles. The van der Waals surface area contributed by atoms with Crippen LogP contribution < -0.4 is 9.79 Å². The van der Waals surface area contributed by atoms with Crippen molar-refractivity contribution >= 4 is 7.60 Å². The average Bonchev–Trinajstić information content (AvgIpc) is 2.75. The van der Waals surface area contributed by atoms with E-state index in [-0.39, 0.29) is 25.0 Å². The molecule has 0 unspecified atom stereocenters. The fourth-order valence-electron chi connectivity index (χ4n) is 3.25. The summed E-state index contributed by atoms with van der Waals surface area (Å²) in [6, 6.07) is 8.11. The minimum Gasteiger partial charge on any atom is -0.805 e. The first-order chi connectivity index (χ1) is 15.0. The predicted molar refractivity (Wildman–Crippen MR) is 123 cm³/mol. The van der Waals surface area contributed by atoms with Crippen molar-refractivity contribution < 1.29 is 43.3 Å². The van der Waals surface area contributed by atoms with Gasteiger partial charge in [0.15, 0.2) is 0 Å². The predicted octanol–water partition coefficient (Wildman–Crippen LogP) is 6.49. The van der Waals surface area contributed by atoms with E-state index < -0.39 is 13.1 Å². The summed E-state index contributed by atoms with van der Waals surface area (Å²) in [6.07, 6.45) is 18.9. The van der Waals surface area contributed by atoms with Crippen molar-refractivity contribution in [3.8, 4) is 0 Å². The van der Waals surface area contributed by atoms with Crippen molar-refractivity contribution in [2.75, 3.05) is 0 Å². The van der Waals surface area contributed by atoms with E-state index in [1.165, 1.54) is 63.2 Å². The maximum atomic E-state index is 12.3. The summed E-state index contributed by atoms with van der Waals surface area (Å²) in [7, 11) is -5.32. The topological polar surface area (TPSA) is 81.7 Å². The van der Waals surface area contributed by atoms with Crippen LogP contribution in [0.5, 0.6) is 0 Å². The van der Waals surface area contributed by atoms with Gasteiger partial charge in [-0.25, -0.2) is 0 Å². The molecule has 0 fully saturated rings. The van der Waals surface area contributed by atoms with E-state index in [0.29, 0.717) is 0 Å². The van der Waals surface area contributed by atoms with Crippen LogP contribution in [0.2, 0.25) is 0 Å². The van der Waals surface area contributed by atoms with Crippen LogP contribution in [-0.4, -0.2) is 0 Å². The van der Waals surface area contributed by atoms with E-state index in [0.717, 1.165) is 38.5 Å². The molecule has 0 atom stereocenters. The van der Waals surface area contributed by atoms with Gasteiger partial charge in [-0.05, 0) is 37.8 Å². The second-order valence-electron chi connectivity index (χ2n) is 7.83. The van der Waals surface area contributed by atoms with Crippen molar-refractivity contribution in [3.05, 3.63) is 60.6 Å². The summed E-state index contributed by atoms with van der Waals surface area (Å²) >= 11 is 0. The van der Waals surface area contributed by atoms with Gasteiger partial charge in [0.1, 0.15) is 0 Å².